The second-order valence-corrected chi connectivity index (χ2v) is 3.79. The molecule has 1 unspecified atom stereocenters. The molecule has 0 heterocycles. The van der Waals surface area contributed by atoms with Gasteiger partial charge in [-0.1, -0.05) is 6.92 Å². The van der Waals surface area contributed by atoms with Gasteiger partial charge in [0.15, 0.2) is 0 Å². The lowest BCUT2D eigenvalue weighted by atomic mass is 9.97. The van der Waals surface area contributed by atoms with Gasteiger partial charge < -0.3 is 0 Å². The van der Waals surface area contributed by atoms with E-state index in [9.17, 15) is 4.39 Å². The molecule has 1 aliphatic rings. The number of halogens is 2. The molecule has 0 fully saturated rings. The van der Waals surface area contributed by atoms with Gasteiger partial charge in [0, 0.05) is 0 Å². The van der Waals surface area contributed by atoms with Crippen molar-refractivity contribution >= 4 is 22.6 Å². The fourth-order valence-electron chi connectivity index (χ4n) is 0.967. The van der Waals surface area contributed by atoms with Gasteiger partial charge in [0.1, 0.15) is 6.17 Å². The lowest BCUT2D eigenvalue weighted by molar-refractivity contribution is 0.340. The number of hydrogen-bond acceptors (Lipinski definition) is 0. The monoisotopic (exact) mass is 240 g/mol. The molecular weight excluding hydrogens is 230 g/mol. The van der Waals surface area contributed by atoms with Crippen molar-refractivity contribution in [2.75, 3.05) is 0 Å². The lowest BCUT2D eigenvalue weighted by Gasteiger charge is -2.17. The van der Waals surface area contributed by atoms with E-state index in [1.807, 2.05) is 0 Å². The molecule has 0 aromatic heterocycles. The van der Waals surface area contributed by atoms with Crippen LogP contribution in [0.5, 0.6) is 0 Å². The van der Waals surface area contributed by atoms with Gasteiger partial charge in [-0.15, -0.1) is 0 Å². The van der Waals surface area contributed by atoms with E-state index < -0.39 is 6.17 Å². The first-order valence-corrected chi connectivity index (χ1v) is 4.29. The van der Waals surface area contributed by atoms with Gasteiger partial charge >= 0.3 is 0 Å². The highest BCUT2D eigenvalue weighted by molar-refractivity contribution is 14.1. The number of rotatable bonds is 0. The van der Waals surface area contributed by atoms with Crippen molar-refractivity contribution in [2.45, 2.75) is 25.9 Å². The van der Waals surface area contributed by atoms with Gasteiger partial charge in [-0.25, -0.2) is 4.39 Å². The molecule has 2 heteroatoms. The van der Waals surface area contributed by atoms with Crippen LogP contribution in [-0.2, 0) is 0 Å². The molecule has 0 aromatic carbocycles. The van der Waals surface area contributed by atoms with Gasteiger partial charge in [0.2, 0.25) is 0 Å². The SMILES string of the molecule is CC1CC[C@H](F)C=C1I. The molecule has 0 N–H and O–H groups in total. The van der Waals surface area contributed by atoms with E-state index in [0.29, 0.717) is 12.3 Å². The van der Waals surface area contributed by atoms with Crippen molar-refractivity contribution in [3.8, 4) is 0 Å². The maximum atomic E-state index is 12.5. The Labute approximate surface area is 68.7 Å². The molecule has 1 aliphatic carbocycles. The summed E-state index contributed by atoms with van der Waals surface area (Å²) in [5.74, 6) is 0.595. The highest BCUT2D eigenvalue weighted by atomic mass is 127. The van der Waals surface area contributed by atoms with E-state index in [1.54, 1.807) is 6.08 Å². The van der Waals surface area contributed by atoms with Crippen molar-refractivity contribution in [1.29, 1.82) is 0 Å². The summed E-state index contributed by atoms with van der Waals surface area (Å²) < 4.78 is 13.7. The van der Waals surface area contributed by atoms with Crippen molar-refractivity contribution in [3.63, 3.8) is 0 Å². The highest BCUT2D eigenvalue weighted by Gasteiger charge is 2.16. The lowest BCUT2D eigenvalue weighted by Crippen LogP contribution is -2.08. The first-order valence-electron chi connectivity index (χ1n) is 3.21. The minimum Gasteiger partial charge on any atom is -0.243 e. The van der Waals surface area contributed by atoms with Gasteiger partial charge in [-0.05, 0) is 51.0 Å². The van der Waals surface area contributed by atoms with E-state index >= 15 is 0 Å². The predicted molar refractivity (Wildman–Crippen MR) is 45.4 cm³/mol. The van der Waals surface area contributed by atoms with Gasteiger partial charge in [-0.3, -0.25) is 0 Å². The van der Waals surface area contributed by atoms with Crippen LogP contribution in [0.1, 0.15) is 19.8 Å². The Balaban J connectivity index is 2.61. The summed E-state index contributed by atoms with van der Waals surface area (Å²) in [4.78, 5) is 0. The molecule has 52 valence electrons. The molecular formula is C7H10FI. The average Bonchev–Trinajstić information content (AvgIpc) is 1.80. The van der Waals surface area contributed by atoms with Crippen LogP contribution in [0.15, 0.2) is 9.66 Å². The van der Waals surface area contributed by atoms with Crippen molar-refractivity contribution < 1.29 is 4.39 Å². The first-order chi connectivity index (χ1) is 4.20. The van der Waals surface area contributed by atoms with Crippen LogP contribution in [0, 0.1) is 5.92 Å². The molecule has 0 spiro atoms. The van der Waals surface area contributed by atoms with Crippen LogP contribution >= 0.6 is 22.6 Å². The summed E-state index contributed by atoms with van der Waals surface area (Å²) in [6, 6.07) is 0. The van der Waals surface area contributed by atoms with Gasteiger partial charge in [0.05, 0.1) is 0 Å². The zero-order valence-corrected chi connectivity index (χ0v) is 7.56. The third-order valence-electron chi connectivity index (χ3n) is 1.69. The zero-order chi connectivity index (χ0) is 6.85. The normalized spacial score (nSPS) is 36.1. The summed E-state index contributed by atoms with van der Waals surface area (Å²) in [7, 11) is 0. The van der Waals surface area contributed by atoms with Crippen LogP contribution in [0.25, 0.3) is 0 Å². The molecule has 9 heavy (non-hydrogen) atoms. The molecule has 0 saturated heterocycles. The Kier molecular flexibility index (Phi) is 2.50. The van der Waals surface area contributed by atoms with Crippen LogP contribution in [-0.4, -0.2) is 6.17 Å². The third kappa shape index (κ3) is 1.92. The quantitative estimate of drug-likeness (QED) is 0.571. The maximum absolute atomic E-state index is 12.5. The largest absolute Gasteiger partial charge is 0.243 e. The fraction of sp³-hybridized carbons (Fsp3) is 0.714. The Morgan fingerprint density at radius 2 is 2.33 bits per heavy atom. The molecule has 0 aromatic rings. The van der Waals surface area contributed by atoms with Gasteiger partial charge in [-0.2, -0.15) is 0 Å². The molecule has 0 amide bonds. The van der Waals surface area contributed by atoms with Crippen molar-refractivity contribution in [1.82, 2.24) is 0 Å². The maximum Gasteiger partial charge on any atom is 0.119 e. The zero-order valence-electron chi connectivity index (χ0n) is 5.40. The van der Waals surface area contributed by atoms with E-state index in [4.69, 9.17) is 0 Å². The second-order valence-electron chi connectivity index (χ2n) is 2.55. The Morgan fingerprint density at radius 1 is 1.67 bits per heavy atom. The van der Waals surface area contributed by atoms with Gasteiger partial charge in [0.25, 0.3) is 0 Å². The summed E-state index contributed by atoms with van der Waals surface area (Å²) >= 11 is 2.22. The van der Waals surface area contributed by atoms with Crippen molar-refractivity contribution in [2.24, 2.45) is 5.92 Å². The molecule has 0 saturated carbocycles. The Morgan fingerprint density at radius 3 is 2.78 bits per heavy atom. The molecule has 0 radical (unpaired) electrons. The van der Waals surface area contributed by atoms with E-state index in [-0.39, 0.29) is 0 Å². The predicted octanol–water partition coefficient (Wildman–Crippen LogP) is 3.07. The summed E-state index contributed by atoms with van der Waals surface area (Å²) in [5.41, 5.74) is 0. The summed E-state index contributed by atoms with van der Waals surface area (Å²) in [6.07, 6.45) is 2.78. The fourth-order valence-corrected chi connectivity index (χ4v) is 1.67. The first kappa shape index (κ1) is 7.51. The van der Waals surface area contributed by atoms with Crippen LogP contribution in [0.3, 0.4) is 0 Å². The minimum absolute atomic E-state index is 0.595. The van der Waals surface area contributed by atoms with Crippen LogP contribution in [0.4, 0.5) is 4.39 Å². The third-order valence-corrected chi connectivity index (χ3v) is 3.11. The number of allylic oxidation sites excluding steroid dienone is 2. The molecule has 1 rings (SSSR count). The van der Waals surface area contributed by atoms with E-state index in [0.717, 1.165) is 6.42 Å². The number of hydrogen-bond donors (Lipinski definition) is 0. The molecule has 2 atom stereocenters. The molecule has 0 aliphatic heterocycles. The Hall–Kier alpha value is 0.400. The highest BCUT2D eigenvalue weighted by Crippen LogP contribution is 2.29. The smallest absolute Gasteiger partial charge is 0.119 e. The topological polar surface area (TPSA) is 0 Å². The minimum atomic E-state index is -0.673. The molecule has 0 nitrogen and oxygen atoms in total. The number of alkyl halides is 1. The van der Waals surface area contributed by atoms with E-state index in [1.165, 1.54) is 3.58 Å². The van der Waals surface area contributed by atoms with E-state index in [2.05, 4.69) is 29.5 Å². The second kappa shape index (κ2) is 2.99. The standard InChI is InChI=1S/C7H10FI/c1-5-2-3-6(8)4-7(5)9/h4-6H,2-3H2,1H3/t5?,6-/m0/s1. The van der Waals surface area contributed by atoms with Crippen LogP contribution in [0.2, 0.25) is 0 Å². The van der Waals surface area contributed by atoms with Crippen LogP contribution < -0.4 is 0 Å². The molecule has 0 bridgehead atoms. The summed E-state index contributed by atoms with van der Waals surface area (Å²) in [6.45, 7) is 2.14. The summed E-state index contributed by atoms with van der Waals surface area (Å²) in [5, 5.41) is 0. The average molecular weight is 240 g/mol. The van der Waals surface area contributed by atoms with Crippen molar-refractivity contribution in [3.05, 3.63) is 9.66 Å². The Bertz CT molecular complexity index is 131.